The van der Waals surface area contributed by atoms with Crippen LogP contribution >= 0.6 is 0 Å². The first-order chi connectivity index (χ1) is 45.5. The summed E-state index contributed by atoms with van der Waals surface area (Å²) in [5.74, 6) is 0. The van der Waals surface area contributed by atoms with Crippen molar-refractivity contribution in [3.8, 4) is 11.1 Å². The molecule has 6 aliphatic rings. The molecule has 11 nitrogen and oxygen atoms in total. The molecule has 0 saturated carbocycles. The van der Waals surface area contributed by atoms with E-state index in [9.17, 15) is 4.11 Å². The van der Waals surface area contributed by atoms with Gasteiger partial charge in [0.1, 0.15) is 0 Å². The van der Waals surface area contributed by atoms with Crippen LogP contribution in [0.5, 0.6) is 0 Å². The molecule has 8 bridgehead atoms. The zero-order valence-corrected chi connectivity index (χ0v) is 48.8. The van der Waals surface area contributed by atoms with E-state index < -0.39 is 63.2 Å². The van der Waals surface area contributed by atoms with Crippen LogP contribution in [0.15, 0.2) is 212 Å². The summed E-state index contributed by atoms with van der Waals surface area (Å²) in [6.45, 7) is -10.8. The van der Waals surface area contributed by atoms with Gasteiger partial charge in [0.05, 0.1) is 0 Å². The third-order valence-corrected chi connectivity index (χ3v) is 21.3. The van der Waals surface area contributed by atoms with E-state index in [0.29, 0.717) is 119 Å². The minimum absolute atomic E-state index is 0.399. The Bertz CT molecular complexity index is 4970. The molecule has 0 spiro atoms. The van der Waals surface area contributed by atoms with Crippen molar-refractivity contribution in [2.75, 3.05) is 95.9 Å². The molecule has 13 heteroatoms. The van der Waals surface area contributed by atoms with E-state index in [1.54, 1.807) is 42.5 Å². The van der Waals surface area contributed by atoms with Gasteiger partial charge in [-0.1, -0.05) is 0 Å². The van der Waals surface area contributed by atoms with E-state index in [1.807, 2.05) is 212 Å². The topological polar surface area (TPSA) is 35.6 Å². The summed E-state index contributed by atoms with van der Waals surface area (Å²) in [6, 6.07) is 81.9. The molecular weight excluding hydrogens is 1390 g/mol. The van der Waals surface area contributed by atoms with E-state index in [1.165, 1.54) is 19.6 Å². The summed E-state index contributed by atoms with van der Waals surface area (Å²) in [7, 11) is 3.88. The maximum atomic E-state index is 9.21. The summed E-state index contributed by atoms with van der Waals surface area (Å²) in [5, 5.41) is 0. The van der Waals surface area contributed by atoms with Crippen LogP contribution in [0.25, 0.3) is 11.1 Å². The Labute approximate surface area is 517 Å². The Balaban J connectivity index is 0.940. The summed E-state index contributed by atoms with van der Waals surface area (Å²) in [4.78, 5) is 19.3. The number of benzene rings is 10. The zero-order chi connectivity index (χ0) is 65.8. The maximum absolute atomic E-state index is 9.21. The Hall–Kier alpha value is -9.14. The van der Waals surface area contributed by atoms with Crippen molar-refractivity contribution in [2.45, 2.75) is 0 Å². The second-order valence-corrected chi connectivity index (χ2v) is 25.5. The molecule has 0 saturated heterocycles. The number of hydrogen-bond donors (Lipinski definition) is 0. The van der Waals surface area contributed by atoms with Gasteiger partial charge in [0, 0.05) is 0 Å². The third-order valence-electron chi connectivity index (χ3n) is 15.2. The predicted octanol–water partition coefficient (Wildman–Crippen LogP) is 14.5. The van der Waals surface area contributed by atoms with Crippen LogP contribution in [-0.2, 0) is 35.3 Å². The molecule has 412 valence electrons. The fraction of sp³-hybridized carbons (Fsp3) is 0.0857. The summed E-state index contributed by atoms with van der Waals surface area (Å²) < 4.78 is 112. The van der Waals surface area contributed by atoms with Crippen LogP contribution in [-0.4, -0.2) is 58.6 Å². The van der Waals surface area contributed by atoms with Gasteiger partial charge in [0.2, 0.25) is 0 Å². The molecule has 10 aromatic carbocycles. The fourth-order valence-electron chi connectivity index (χ4n) is 11.4. The van der Waals surface area contributed by atoms with Gasteiger partial charge in [-0.2, -0.15) is 0 Å². The van der Waals surface area contributed by atoms with Crippen molar-refractivity contribution in [2.24, 2.45) is 0 Å². The Morgan fingerprint density at radius 2 is 0.602 bits per heavy atom. The summed E-state index contributed by atoms with van der Waals surface area (Å²) in [6.07, 6.45) is 0. The number of rotatable bonds is 4. The zero-order valence-electron chi connectivity index (χ0n) is 56.3. The van der Waals surface area contributed by atoms with E-state index >= 15 is 0 Å². The van der Waals surface area contributed by atoms with Crippen LogP contribution in [0.4, 0.5) is 108 Å². The van der Waals surface area contributed by atoms with Crippen LogP contribution in [0.1, 0.15) is 16.4 Å². The molecule has 0 N–H and O–H groups in total. The van der Waals surface area contributed by atoms with Crippen molar-refractivity contribution in [3.05, 3.63) is 237 Å². The SMILES string of the molecule is [2H]C([2H])([2H])N1[C]2=[Pt]=[C]3N(c4[c-]c(cc(-c5ccccc5)c4)N(c4ccc(N5c6[c-]c(ccc6)N6[C](=[Pt]=[C]7N(c8[c-]c5cc(N(C)C)c8)c5ccccc5N7C([2H])([2H])[2H])N(C([2H])([2H])[2H])c5ccccc56)cc4)c4[c-]c(ccc4)N2c2ccccc21)c1ccccc1N3C([2H])([2H])[2H]. The normalized spacial score (nSPS) is 18.3. The molecule has 6 heterocycles. The average Bonchev–Trinajstić information content (AvgIpc) is 1.58. The van der Waals surface area contributed by atoms with Gasteiger partial charge in [-0.3, -0.25) is 0 Å². The monoisotopic (exact) mass is 1450 g/mol. The molecule has 0 amide bonds. The van der Waals surface area contributed by atoms with Gasteiger partial charge in [0.25, 0.3) is 0 Å². The molecule has 16 rings (SSSR count). The third kappa shape index (κ3) is 7.78. The van der Waals surface area contributed by atoms with Crippen molar-refractivity contribution < 1.29 is 51.7 Å². The van der Waals surface area contributed by atoms with E-state index in [-0.39, 0.29) is 0 Å². The van der Waals surface area contributed by atoms with Crippen LogP contribution in [0.3, 0.4) is 0 Å². The van der Waals surface area contributed by atoms with Gasteiger partial charge in [-0.25, -0.2) is 0 Å². The summed E-state index contributed by atoms with van der Waals surface area (Å²) >= 11 is -3.50. The van der Waals surface area contributed by atoms with E-state index in [4.69, 9.17) is 12.3 Å². The number of nitrogens with zero attached hydrogens (tertiary/aromatic N) is 11. The molecular formula is C70H53N11Pt2-4. The quantitative estimate of drug-likeness (QED) is 0.158. The van der Waals surface area contributed by atoms with E-state index in [0.717, 1.165) is 16.8 Å². The number of para-hydroxylation sites is 8. The number of anilines is 19. The Morgan fingerprint density at radius 3 is 0.976 bits per heavy atom. The molecule has 0 atom stereocenters. The molecule has 83 heavy (non-hydrogen) atoms. The molecule has 0 unspecified atom stereocenters. The van der Waals surface area contributed by atoms with Crippen LogP contribution in [0, 0.1) is 24.3 Å². The second-order valence-electron chi connectivity index (χ2n) is 20.3. The molecule has 0 aromatic heterocycles. The van der Waals surface area contributed by atoms with Crippen LogP contribution < -0.4 is 53.9 Å². The predicted molar refractivity (Wildman–Crippen MR) is 339 cm³/mol. The minimum atomic E-state index is -2.71. The van der Waals surface area contributed by atoms with Gasteiger partial charge < -0.3 is 0 Å². The van der Waals surface area contributed by atoms with Crippen LogP contribution in [0.2, 0.25) is 0 Å². The van der Waals surface area contributed by atoms with Crippen molar-refractivity contribution in [1.29, 1.82) is 0 Å². The van der Waals surface area contributed by atoms with Gasteiger partial charge in [-0.05, 0) is 0 Å². The first kappa shape index (κ1) is 38.5. The van der Waals surface area contributed by atoms with Crippen molar-refractivity contribution in [3.63, 3.8) is 0 Å². The molecule has 10 aromatic rings. The Kier molecular flexibility index (Phi) is 8.93. The van der Waals surface area contributed by atoms with Crippen molar-refractivity contribution >= 4 is 125 Å². The first-order valence-electron chi connectivity index (χ1n) is 32.5. The second kappa shape index (κ2) is 19.2. The average molecular weight is 1450 g/mol. The number of hydrogen-bond acceptors (Lipinski definition) is 11. The van der Waals surface area contributed by atoms with E-state index in [2.05, 4.69) is 30.3 Å². The summed E-state index contributed by atoms with van der Waals surface area (Å²) in [5.41, 5.74) is 12.4. The first-order valence-corrected chi connectivity index (χ1v) is 31.1. The molecule has 6 aliphatic heterocycles. The standard InChI is InChI=1S/C70H53N11.2Pt/c1-71(2)58-42-60(79-49-75(6)66-29-13-17-33-70(66)79)45-62(43-58)81(57-25-19-23-55(41-57)77-47-73(4)64-27-11-15-31-68(64)77)53-36-34-52(35-37-53)80(56-24-18-22-54(40-56)76-46-72(3)63-26-10-14-30-67(63)76)61-39-51(50-20-8-7-9-21-50)38-59(44-61)78-48-74(5)65-28-12-16-32-69(65)78;;/h7-39,42-43H,1-6H3;;/q-4;;/i3D3,4D3,5D3,6D3;;. The van der Waals surface area contributed by atoms with Gasteiger partial charge in [0.15, 0.2) is 0 Å². The van der Waals surface area contributed by atoms with Gasteiger partial charge in [-0.15, -0.1) is 0 Å². The van der Waals surface area contributed by atoms with Crippen molar-refractivity contribution in [1.82, 2.24) is 0 Å². The molecule has 0 fully saturated rings. The fourth-order valence-corrected chi connectivity index (χ4v) is 17.6. The number of fused-ring (bicyclic) bond motifs is 24. The molecule has 0 aliphatic carbocycles. The van der Waals surface area contributed by atoms with Gasteiger partial charge >= 0.3 is 520 Å². The Morgan fingerprint density at radius 1 is 0.301 bits per heavy atom. The molecule has 0 radical (unpaired) electrons.